The van der Waals surface area contributed by atoms with Gasteiger partial charge in [-0.3, -0.25) is 9.78 Å². The number of hydrogen-bond acceptors (Lipinski definition) is 3. The third-order valence-corrected chi connectivity index (χ3v) is 2.83. The van der Waals surface area contributed by atoms with Gasteiger partial charge in [-0.1, -0.05) is 0 Å². The van der Waals surface area contributed by atoms with E-state index >= 15 is 0 Å². The number of likely N-dealkylation sites (N-methyl/N-ethyl adjacent to an activating group) is 1. The molecule has 88 valence electrons. The van der Waals surface area contributed by atoms with Crippen molar-refractivity contribution in [3.63, 3.8) is 0 Å². The van der Waals surface area contributed by atoms with Crippen molar-refractivity contribution in [2.24, 2.45) is 5.73 Å². The summed E-state index contributed by atoms with van der Waals surface area (Å²) in [5.74, 6) is -0.0494. The van der Waals surface area contributed by atoms with Crippen LogP contribution in [0, 0.1) is 6.92 Å². The second-order valence-electron chi connectivity index (χ2n) is 4.63. The molecule has 0 saturated heterocycles. The van der Waals surface area contributed by atoms with E-state index in [-0.39, 0.29) is 11.4 Å². The molecule has 16 heavy (non-hydrogen) atoms. The van der Waals surface area contributed by atoms with Gasteiger partial charge in [0.05, 0.1) is 5.56 Å². The molecule has 1 amide bonds. The molecular weight excluding hydrogens is 202 g/mol. The first-order valence-electron chi connectivity index (χ1n) is 5.28. The molecule has 0 aliphatic rings. The van der Waals surface area contributed by atoms with E-state index in [2.05, 4.69) is 4.98 Å². The maximum absolute atomic E-state index is 12.1. The number of aryl methyl sites for hydroxylation is 1. The normalized spacial score (nSPS) is 11.3. The van der Waals surface area contributed by atoms with Crippen molar-refractivity contribution >= 4 is 5.91 Å². The molecule has 1 heterocycles. The van der Waals surface area contributed by atoms with Gasteiger partial charge in [-0.2, -0.15) is 0 Å². The molecule has 0 bridgehead atoms. The molecule has 0 spiro atoms. The summed E-state index contributed by atoms with van der Waals surface area (Å²) >= 11 is 0. The van der Waals surface area contributed by atoms with Crippen LogP contribution < -0.4 is 5.73 Å². The molecule has 0 unspecified atom stereocenters. The highest BCUT2D eigenvalue weighted by Crippen LogP contribution is 2.14. The summed E-state index contributed by atoms with van der Waals surface area (Å²) in [6, 6.07) is 1.83. The maximum atomic E-state index is 12.1. The summed E-state index contributed by atoms with van der Waals surface area (Å²) in [7, 11) is 1.76. The monoisotopic (exact) mass is 221 g/mol. The fourth-order valence-electron chi connectivity index (χ4n) is 1.28. The highest BCUT2D eigenvalue weighted by Gasteiger charge is 2.26. The van der Waals surface area contributed by atoms with Gasteiger partial charge in [0.1, 0.15) is 0 Å². The Labute approximate surface area is 96.5 Å². The molecule has 0 fully saturated rings. The summed E-state index contributed by atoms with van der Waals surface area (Å²) in [5.41, 5.74) is 6.87. The topological polar surface area (TPSA) is 59.2 Å². The van der Waals surface area contributed by atoms with Gasteiger partial charge in [0.25, 0.3) is 5.91 Å². The first kappa shape index (κ1) is 12.6. The van der Waals surface area contributed by atoms with E-state index < -0.39 is 0 Å². The highest BCUT2D eigenvalue weighted by molar-refractivity contribution is 5.94. The molecule has 4 nitrogen and oxygen atoms in total. The Morgan fingerprint density at radius 1 is 1.50 bits per heavy atom. The number of carbonyl (C=O) groups excluding carboxylic acids is 1. The van der Waals surface area contributed by atoms with E-state index in [0.717, 1.165) is 5.56 Å². The lowest BCUT2D eigenvalue weighted by atomic mass is 10.0. The average Bonchev–Trinajstić information content (AvgIpc) is 2.27. The van der Waals surface area contributed by atoms with Crippen LogP contribution in [0.3, 0.4) is 0 Å². The maximum Gasteiger partial charge on any atom is 0.255 e. The quantitative estimate of drug-likeness (QED) is 0.834. The van der Waals surface area contributed by atoms with Crippen molar-refractivity contribution in [2.75, 3.05) is 13.6 Å². The first-order valence-corrected chi connectivity index (χ1v) is 5.28. The van der Waals surface area contributed by atoms with Gasteiger partial charge >= 0.3 is 0 Å². The number of carbonyl (C=O) groups is 1. The smallest absolute Gasteiger partial charge is 0.255 e. The summed E-state index contributed by atoms with van der Waals surface area (Å²) in [6.45, 7) is 6.22. The van der Waals surface area contributed by atoms with Crippen LogP contribution in [0.25, 0.3) is 0 Å². The van der Waals surface area contributed by atoms with E-state index in [1.807, 2.05) is 26.8 Å². The van der Waals surface area contributed by atoms with E-state index in [1.54, 1.807) is 24.3 Å². The van der Waals surface area contributed by atoms with Crippen LogP contribution in [0.5, 0.6) is 0 Å². The van der Waals surface area contributed by atoms with Crippen LogP contribution in [0.1, 0.15) is 29.8 Å². The zero-order valence-corrected chi connectivity index (χ0v) is 10.3. The Morgan fingerprint density at radius 3 is 2.62 bits per heavy atom. The highest BCUT2D eigenvalue weighted by atomic mass is 16.2. The molecule has 0 aliphatic heterocycles. The fourth-order valence-corrected chi connectivity index (χ4v) is 1.28. The zero-order valence-electron chi connectivity index (χ0n) is 10.3. The molecule has 1 aromatic heterocycles. The number of nitrogens with two attached hydrogens (primary N) is 1. The van der Waals surface area contributed by atoms with Gasteiger partial charge in [-0.15, -0.1) is 0 Å². The van der Waals surface area contributed by atoms with Crippen molar-refractivity contribution in [2.45, 2.75) is 26.3 Å². The van der Waals surface area contributed by atoms with Gasteiger partial charge in [0.15, 0.2) is 0 Å². The number of pyridine rings is 1. The van der Waals surface area contributed by atoms with Gasteiger partial charge in [0, 0.05) is 31.5 Å². The molecule has 0 saturated carbocycles. The molecule has 2 N–H and O–H groups in total. The van der Waals surface area contributed by atoms with Crippen molar-refractivity contribution in [3.05, 3.63) is 29.6 Å². The summed E-state index contributed by atoms with van der Waals surface area (Å²) < 4.78 is 0. The number of nitrogens with zero attached hydrogens (tertiary/aromatic N) is 2. The Hall–Kier alpha value is -1.42. The molecular formula is C12H19N3O. The number of amides is 1. The third-order valence-electron chi connectivity index (χ3n) is 2.83. The van der Waals surface area contributed by atoms with Crippen LogP contribution >= 0.6 is 0 Å². The molecule has 1 aromatic rings. The minimum absolute atomic E-state index is 0.0494. The standard InChI is InChI=1S/C12H19N3O/c1-9-5-10(7-14-6-9)11(16)15(4)12(2,3)8-13/h5-7H,8,13H2,1-4H3. The predicted octanol–water partition coefficient (Wildman–Crippen LogP) is 1.20. The number of rotatable bonds is 3. The van der Waals surface area contributed by atoms with E-state index in [9.17, 15) is 4.79 Å². The van der Waals surface area contributed by atoms with Gasteiger partial charge in [0.2, 0.25) is 0 Å². The lowest BCUT2D eigenvalue weighted by Crippen LogP contribution is -2.50. The number of hydrogen-bond donors (Lipinski definition) is 1. The Kier molecular flexibility index (Phi) is 3.65. The minimum Gasteiger partial charge on any atom is -0.335 e. The van der Waals surface area contributed by atoms with Crippen LogP contribution in [0.4, 0.5) is 0 Å². The molecule has 0 aliphatic carbocycles. The lowest BCUT2D eigenvalue weighted by Gasteiger charge is -2.34. The SMILES string of the molecule is Cc1cncc(C(=O)N(C)C(C)(C)CN)c1. The molecule has 0 radical (unpaired) electrons. The second-order valence-corrected chi connectivity index (χ2v) is 4.63. The fraction of sp³-hybridized carbons (Fsp3) is 0.500. The van der Waals surface area contributed by atoms with Gasteiger partial charge in [-0.05, 0) is 32.4 Å². The van der Waals surface area contributed by atoms with Crippen LogP contribution in [-0.2, 0) is 0 Å². The average molecular weight is 221 g/mol. The molecule has 4 heteroatoms. The summed E-state index contributed by atoms with van der Waals surface area (Å²) in [5, 5.41) is 0. The van der Waals surface area contributed by atoms with Gasteiger partial charge in [-0.25, -0.2) is 0 Å². The summed E-state index contributed by atoms with van der Waals surface area (Å²) in [4.78, 5) is 17.8. The van der Waals surface area contributed by atoms with E-state index in [1.165, 1.54) is 0 Å². The Morgan fingerprint density at radius 2 is 2.12 bits per heavy atom. The third kappa shape index (κ3) is 2.58. The van der Waals surface area contributed by atoms with Crippen molar-refractivity contribution in [3.8, 4) is 0 Å². The zero-order chi connectivity index (χ0) is 12.3. The lowest BCUT2D eigenvalue weighted by molar-refractivity contribution is 0.0639. The van der Waals surface area contributed by atoms with Crippen LogP contribution in [0.15, 0.2) is 18.5 Å². The first-order chi connectivity index (χ1) is 7.38. The van der Waals surface area contributed by atoms with E-state index in [0.29, 0.717) is 12.1 Å². The van der Waals surface area contributed by atoms with Crippen LogP contribution in [-0.4, -0.2) is 34.9 Å². The Bertz CT molecular complexity index is 388. The van der Waals surface area contributed by atoms with Crippen LogP contribution in [0.2, 0.25) is 0 Å². The number of aromatic nitrogens is 1. The summed E-state index contributed by atoms with van der Waals surface area (Å²) in [6.07, 6.45) is 3.31. The Balaban J connectivity index is 2.95. The van der Waals surface area contributed by atoms with Gasteiger partial charge < -0.3 is 10.6 Å². The molecule has 0 atom stereocenters. The van der Waals surface area contributed by atoms with Crippen molar-refractivity contribution < 1.29 is 4.79 Å². The molecule has 1 rings (SSSR count). The predicted molar refractivity (Wildman–Crippen MR) is 64.2 cm³/mol. The minimum atomic E-state index is -0.346. The van der Waals surface area contributed by atoms with Crippen molar-refractivity contribution in [1.29, 1.82) is 0 Å². The van der Waals surface area contributed by atoms with E-state index in [4.69, 9.17) is 5.73 Å². The largest absolute Gasteiger partial charge is 0.335 e. The molecule has 0 aromatic carbocycles. The second kappa shape index (κ2) is 4.61. The van der Waals surface area contributed by atoms with Crippen molar-refractivity contribution in [1.82, 2.24) is 9.88 Å².